The molecule has 0 aromatic heterocycles. The van der Waals surface area contributed by atoms with Crippen LogP contribution in [0.2, 0.25) is 0 Å². The van der Waals surface area contributed by atoms with E-state index in [0.717, 1.165) is 11.3 Å². The minimum absolute atomic E-state index is 0.122. The number of amides is 1. The van der Waals surface area contributed by atoms with Gasteiger partial charge in [0.25, 0.3) is 0 Å². The van der Waals surface area contributed by atoms with Crippen molar-refractivity contribution in [2.24, 2.45) is 11.7 Å². The molecule has 94 valence electrons. The van der Waals surface area contributed by atoms with Crippen LogP contribution in [0.3, 0.4) is 0 Å². The van der Waals surface area contributed by atoms with E-state index >= 15 is 0 Å². The first kappa shape index (κ1) is 13.7. The second kappa shape index (κ2) is 6.37. The van der Waals surface area contributed by atoms with E-state index in [1.165, 1.54) is 0 Å². The van der Waals surface area contributed by atoms with Gasteiger partial charge in [-0.1, -0.05) is 26.0 Å². The van der Waals surface area contributed by atoms with Crippen molar-refractivity contribution in [1.82, 2.24) is 0 Å². The second-order valence-corrected chi connectivity index (χ2v) is 4.39. The van der Waals surface area contributed by atoms with Gasteiger partial charge < -0.3 is 15.8 Å². The zero-order valence-electron chi connectivity index (χ0n) is 10.6. The molecule has 1 aromatic carbocycles. The lowest BCUT2D eigenvalue weighted by Gasteiger charge is -2.15. The van der Waals surface area contributed by atoms with Gasteiger partial charge in [-0.15, -0.1) is 0 Å². The molecule has 1 atom stereocenters. The lowest BCUT2D eigenvalue weighted by molar-refractivity contribution is -0.118. The Morgan fingerprint density at radius 1 is 1.47 bits per heavy atom. The molecule has 0 saturated carbocycles. The molecule has 0 saturated heterocycles. The van der Waals surface area contributed by atoms with Gasteiger partial charge >= 0.3 is 0 Å². The van der Waals surface area contributed by atoms with Crippen LogP contribution in [0.15, 0.2) is 24.3 Å². The molecule has 0 radical (unpaired) electrons. The van der Waals surface area contributed by atoms with E-state index in [4.69, 9.17) is 10.5 Å². The molecule has 3 N–H and O–H groups in total. The number of ether oxygens (including phenoxy) is 1. The number of nitrogens with two attached hydrogens (primary N) is 1. The summed E-state index contributed by atoms with van der Waals surface area (Å²) in [6, 6.07) is 7.06. The van der Waals surface area contributed by atoms with Crippen LogP contribution in [0.1, 0.15) is 19.4 Å². The van der Waals surface area contributed by atoms with E-state index in [1.54, 1.807) is 7.11 Å². The number of methoxy groups -OCH3 is 1. The first-order valence-corrected chi connectivity index (χ1v) is 5.69. The van der Waals surface area contributed by atoms with Crippen LogP contribution in [0.5, 0.6) is 0 Å². The summed E-state index contributed by atoms with van der Waals surface area (Å²) < 4.78 is 5.04. The molecule has 0 bridgehead atoms. The zero-order chi connectivity index (χ0) is 12.8. The molecule has 4 heteroatoms. The number of nitrogens with one attached hydrogen (secondary N) is 1. The smallest absolute Gasteiger partial charge is 0.241 e. The Kier molecular flexibility index (Phi) is 5.12. The number of hydrogen-bond donors (Lipinski definition) is 2. The Balaban J connectivity index is 2.68. The highest BCUT2D eigenvalue weighted by Gasteiger charge is 2.16. The Morgan fingerprint density at radius 2 is 2.18 bits per heavy atom. The predicted molar refractivity (Wildman–Crippen MR) is 68.6 cm³/mol. The molecule has 0 aliphatic rings. The summed E-state index contributed by atoms with van der Waals surface area (Å²) >= 11 is 0. The van der Waals surface area contributed by atoms with E-state index < -0.39 is 6.04 Å². The third-order valence-corrected chi connectivity index (χ3v) is 2.53. The van der Waals surface area contributed by atoms with Crippen molar-refractivity contribution in [2.75, 3.05) is 12.4 Å². The number of benzene rings is 1. The zero-order valence-corrected chi connectivity index (χ0v) is 10.6. The first-order chi connectivity index (χ1) is 8.04. The molecular formula is C13H20N2O2. The molecule has 0 aliphatic heterocycles. The van der Waals surface area contributed by atoms with E-state index in [2.05, 4.69) is 5.32 Å². The lowest BCUT2D eigenvalue weighted by atomic mass is 10.0. The fourth-order valence-electron chi connectivity index (χ4n) is 1.43. The van der Waals surface area contributed by atoms with Crippen LogP contribution in [-0.4, -0.2) is 19.1 Å². The van der Waals surface area contributed by atoms with Crippen molar-refractivity contribution in [3.05, 3.63) is 29.8 Å². The van der Waals surface area contributed by atoms with Gasteiger partial charge in [0.1, 0.15) is 0 Å². The van der Waals surface area contributed by atoms with E-state index in [0.29, 0.717) is 6.61 Å². The summed E-state index contributed by atoms with van der Waals surface area (Å²) in [4.78, 5) is 11.8. The molecule has 1 amide bonds. The van der Waals surface area contributed by atoms with Gasteiger partial charge in [0, 0.05) is 12.8 Å². The fraction of sp³-hybridized carbons (Fsp3) is 0.462. The summed E-state index contributed by atoms with van der Waals surface area (Å²) in [7, 11) is 1.64. The molecule has 0 spiro atoms. The van der Waals surface area contributed by atoms with Gasteiger partial charge in [0.15, 0.2) is 0 Å². The van der Waals surface area contributed by atoms with Crippen LogP contribution < -0.4 is 11.1 Å². The van der Waals surface area contributed by atoms with Crippen molar-refractivity contribution in [1.29, 1.82) is 0 Å². The third-order valence-electron chi connectivity index (χ3n) is 2.53. The summed E-state index contributed by atoms with van der Waals surface area (Å²) in [6.45, 7) is 4.37. The Hall–Kier alpha value is -1.39. The molecule has 1 aromatic rings. The van der Waals surface area contributed by atoms with Crippen LogP contribution in [0.4, 0.5) is 5.69 Å². The molecule has 17 heavy (non-hydrogen) atoms. The van der Waals surface area contributed by atoms with Gasteiger partial charge in [-0.25, -0.2) is 0 Å². The summed E-state index contributed by atoms with van der Waals surface area (Å²) in [5.41, 5.74) is 7.54. The number of rotatable bonds is 5. The molecule has 0 fully saturated rings. The third kappa shape index (κ3) is 4.17. The summed E-state index contributed by atoms with van der Waals surface area (Å²) in [5, 5.41) is 2.80. The van der Waals surface area contributed by atoms with Crippen LogP contribution >= 0.6 is 0 Å². The molecule has 0 unspecified atom stereocenters. The van der Waals surface area contributed by atoms with Crippen molar-refractivity contribution in [2.45, 2.75) is 26.5 Å². The standard InChI is InChI=1S/C13H20N2O2/c1-9(2)12(14)13(16)15-11-6-4-5-10(7-11)8-17-3/h4-7,9,12H,8,14H2,1-3H3,(H,15,16)/t12-/m0/s1. The maximum absolute atomic E-state index is 11.8. The van der Waals surface area contributed by atoms with Gasteiger partial charge in [-0.3, -0.25) is 4.79 Å². The van der Waals surface area contributed by atoms with Gasteiger partial charge in [0.05, 0.1) is 12.6 Å². The monoisotopic (exact) mass is 236 g/mol. The Labute approximate surface area is 102 Å². The SMILES string of the molecule is COCc1cccc(NC(=O)[C@@H](N)C(C)C)c1. The summed E-state index contributed by atoms with van der Waals surface area (Å²) in [6.07, 6.45) is 0. The van der Waals surface area contributed by atoms with Gasteiger partial charge in [-0.2, -0.15) is 0 Å². The fourth-order valence-corrected chi connectivity index (χ4v) is 1.43. The summed E-state index contributed by atoms with van der Waals surface area (Å²) in [5.74, 6) is -0.0354. The maximum atomic E-state index is 11.8. The van der Waals surface area contributed by atoms with Crippen molar-refractivity contribution < 1.29 is 9.53 Å². The Bertz CT molecular complexity index is 377. The van der Waals surface area contributed by atoms with E-state index in [1.807, 2.05) is 38.1 Å². The van der Waals surface area contributed by atoms with Gasteiger partial charge in [-0.05, 0) is 23.6 Å². The first-order valence-electron chi connectivity index (χ1n) is 5.69. The van der Waals surface area contributed by atoms with Crippen LogP contribution in [0.25, 0.3) is 0 Å². The number of hydrogen-bond acceptors (Lipinski definition) is 3. The van der Waals surface area contributed by atoms with Crippen LogP contribution in [-0.2, 0) is 16.1 Å². The quantitative estimate of drug-likeness (QED) is 0.818. The largest absolute Gasteiger partial charge is 0.380 e. The molecule has 4 nitrogen and oxygen atoms in total. The normalized spacial score (nSPS) is 12.5. The molecule has 0 heterocycles. The van der Waals surface area contributed by atoms with Crippen molar-refractivity contribution >= 4 is 11.6 Å². The topological polar surface area (TPSA) is 64.3 Å². The Morgan fingerprint density at radius 3 is 2.76 bits per heavy atom. The lowest BCUT2D eigenvalue weighted by Crippen LogP contribution is -2.39. The highest BCUT2D eigenvalue weighted by atomic mass is 16.5. The van der Waals surface area contributed by atoms with E-state index in [-0.39, 0.29) is 11.8 Å². The maximum Gasteiger partial charge on any atom is 0.241 e. The average Bonchev–Trinajstić information content (AvgIpc) is 2.28. The number of carbonyl (C=O) groups is 1. The molecule has 1 rings (SSSR count). The average molecular weight is 236 g/mol. The minimum Gasteiger partial charge on any atom is -0.380 e. The number of carbonyl (C=O) groups excluding carboxylic acids is 1. The highest BCUT2D eigenvalue weighted by molar-refractivity contribution is 5.94. The van der Waals surface area contributed by atoms with E-state index in [9.17, 15) is 4.79 Å². The predicted octanol–water partition coefficient (Wildman–Crippen LogP) is 1.75. The second-order valence-electron chi connectivity index (χ2n) is 4.39. The molecule has 0 aliphatic carbocycles. The minimum atomic E-state index is -0.485. The van der Waals surface area contributed by atoms with Crippen molar-refractivity contribution in [3.8, 4) is 0 Å². The number of anilines is 1. The van der Waals surface area contributed by atoms with Gasteiger partial charge in [0.2, 0.25) is 5.91 Å². The molecular weight excluding hydrogens is 216 g/mol. The highest BCUT2D eigenvalue weighted by Crippen LogP contribution is 2.12. The van der Waals surface area contributed by atoms with Crippen molar-refractivity contribution in [3.63, 3.8) is 0 Å². The van der Waals surface area contributed by atoms with Crippen LogP contribution in [0, 0.1) is 5.92 Å².